The van der Waals surface area contributed by atoms with Crippen LogP contribution in [0.15, 0.2) is 51.5 Å². The molecule has 2 aromatic carbocycles. The molecule has 4 aromatic rings. The highest BCUT2D eigenvalue weighted by Crippen LogP contribution is 2.35. The molecule has 0 fully saturated rings. The number of hydrogen-bond donors (Lipinski definition) is 1. The summed E-state index contributed by atoms with van der Waals surface area (Å²) in [5.41, 5.74) is 2.27. The predicted molar refractivity (Wildman–Crippen MR) is 65.2 cm³/mol. The van der Waals surface area contributed by atoms with Crippen LogP contribution in [0.3, 0.4) is 0 Å². The van der Waals surface area contributed by atoms with Crippen LogP contribution in [0.1, 0.15) is 0 Å². The fourth-order valence-electron chi connectivity index (χ4n) is 2.23. The number of fused-ring (bicyclic) bond motifs is 4. The Morgan fingerprint density at radius 3 is 2.59 bits per heavy atom. The Labute approximate surface area is 95.9 Å². The van der Waals surface area contributed by atoms with Crippen LogP contribution in [0, 0.1) is 0 Å². The number of rotatable bonds is 0. The Bertz CT molecular complexity index is 852. The number of hydrogen-bond acceptors (Lipinski definition) is 3. The molecule has 4 rings (SSSR count). The van der Waals surface area contributed by atoms with Gasteiger partial charge in [-0.15, -0.1) is 0 Å². The number of aromatic hydroxyl groups is 1. The standard InChI is InChI=1S/C14H8O3/c15-11-7-16-13-5-9-8-3-1-2-4-12(8)17-14(9)6-10(11)13/h1-7,15H. The van der Waals surface area contributed by atoms with Crippen molar-refractivity contribution in [2.24, 2.45) is 0 Å². The minimum absolute atomic E-state index is 0.141. The van der Waals surface area contributed by atoms with Crippen LogP contribution in [0.4, 0.5) is 0 Å². The van der Waals surface area contributed by atoms with Crippen molar-refractivity contribution in [2.75, 3.05) is 0 Å². The molecule has 0 saturated heterocycles. The van der Waals surface area contributed by atoms with Crippen molar-refractivity contribution in [1.29, 1.82) is 0 Å². The predicted octanol–water partition coefficient (Wildman–Crippen LogP) is 4.04. The first-order valence-corrected chi connectivity index (χ1v) is 5.34. The summed E-state index contributed by atoms with van der Waals surface area (Å²) < 4.78 is 11.0. The maximum absolute atomic E-state index is 9.61. The molecule has 82 valence electrons. The molecule has 2 aromatic heterocycles. The van der Waals surface area contributed by atoms with E-state index in [2.05, 4.69) is 0 Å². The van der Waals surface area contributed by atoms with Gasteiger partial charge in [0.2, 0.25) is 0 Å². The van der Waals surface area contributed by atoms with E-state index in [0.29, 0.717) is 11.0 Å². The van der Waals surface area contributed by atoms with Gasteiger partial charge in [0.25, 0.3) is 0 Å². The van der Waals surface area contributed by atoms with E-state index in [1.54, 1.807) is 0 Å². The highest BCUT2D eigenvalue weighted by molar-refractivity contribution is 6.09. The molecule has 0 aliphatic carbocycles. The lowest BCUT2D eigenvalue weighted by Gasteiger charge is -1.90. The second-order valence-corrected chi connectivity index (χ2v) is 4.06. The molecule has 3 nitrogen and oxygen atoms in total. The van der Waals surface area contributed by atoms with Crippen molar-refractivity contribution >= 4 is 32.9 Å². The molecule has 0 aliphatic heterocycles. The summed E-state index contributed by atoms with van der Waals surface area (Å²) in [7, 11) is 0. The normalized spacial score (nSPS) is 11.8. The Kier molecular flexibility index (Phi) is 1.45. The Morgan fingerprint density at radius 2 is 1.65 bits per heavy atom. The van der Waals surface area contributed by atoms with Crippen LogP contribution >= 0.6 is 0 Å². The van der Waals surface area contributed by atoms with Gasteiger partial charge < -0.3 is 13.9 Å². The van der Waals surface area contributed by atoms with Crippen molar-refractivity contribution in [1.82, 2.24) is 0 Å². The monoisotopic (exact) mass is 224 g/mol. The fraction of sp³-hybridized carbons (Fsp3) is 0. The Morgan fingerprint density at radius 1 is 0.824 bits per heavy atom. The lowest BCUT2D eigenvalue weighted by atomic mass is 10.1. The van der Waals surface area contributed by atoms with Gasteiger partial charge in [-0.1, -0.05) is 18.2 Å². The minimum atomic E-state index is 0.141. The zero-order valence-corrected chi connectivity index (χ0v) is 8.81. The lowest BCUT2D eigenvalue weighted by molar-refractivity contribution is 0.464. The number of para-hydroxylation sites is 1. The first-order valence-electron chi connectivity index (χ1n) is 5.34. The summed E-state index contributed by atoms with van der Waals surface area (Å²) in [6.45, 7) is 0. The van der Waals surface area contributed by atoms with E-state index in [0.717, 1.165) is 21.9 Å². The van der Waals surface area contributed by atoms with E-state index < -0.39 is 0 Å². The van der Waals surface area contributed by atoms with Crippen molar-refractivity contribution < 1.29 is 13.9 Å². The molecule has 17 heavy (non-hydrogen) atoms. The zero-order valence-electron chi connectivity index (χ0n) is 8.81. The zero-order chi connectivity index (χ0) is 11.4. The Hall–Kier alpha value is -2.42. The molecule has 1 N–H and O–H groups in total. The first-order chi connectivity index (χ1) is 8.33. The number of benzene rings is 2. The second kappa shape index (κ2) is 2.83. The van der Waals surface area contributed by atoms with E-state index in [9.17, 15) is 5.11 Å². The lowest BCUT2D eigenvalue weighted by Crippen LogP contribution is -1.67. The summed E-state index contributed by atoms with van der Waals surface area (Å²) >= 11 is 0. The second-order valence-electron chi connectivity index (χ2n) is 4.06. The van der Waals surface area contributed by atoms with Gasteiger partial charge in [-0.25, -0.2) is 0 Å². The molecule has 0 amide bonds. The minimum Gasteiger partial charge on any atom is -0.504 e. The highest BCUT2D eigenvalue weighted by atomic mass is 16.4. The molecule has 0 spiro atoms. The van der Waals surface area contributed by atoms with E-state index in [1.807, 2.05) is 36.4 Å². The maximum atomic E-state index is 9.61. The average molecular weight is 224 g/mol. The fourth-order valence-corrected chi connectivity index (χ4v) is 2.23. The highest BCUT2D eigenvalue weighted by Gasteiger charge is 2.11. The SMILES string of the molecule is Oc1coc2cc3c(cc12)oc1ccccc13. The quantitative estimate of drug-likeness (QED) is 0.490. The van der Waals surface area contributed by atoms with E-state index >= 15 is 0 Å². The molecule has 0 atom stereocenters. The first kappa shape index (κ1) is 8.70. The van der Waals surface area contributed by atoms with Gasteiger partial charge in [0.05, 0.1) is 5.39 Å². The molecular formula is C14H8O3. The molecular weight excluding hydrogens is 216 g/mol. The topological polar surface area (TPSA) is 46.5 Å². The summed E-state index contributed by atoms with van der Waals surface area (Å²) in [5.74, 6) is 0.141. The van der Waals surface area contributed by atoms with Gasteiger partial charge in [-0.2, -0.15) is 0 Å². The number of furan rings is 2. The third-order valence-electron chi connectivity index (χ3n) is 3.05. The Balaban J connectivity index is 2.29. The molecule has 0 radical (unpaired) electrons. The van der Waals surface area contributed by atoms with Crippen molar-refractivity contribution in [3.63, 3.8) is 0 Å². The van der Waals surface area contributed by atoms with Crippen LogP contribution in [0.2, 0.25) is 0 Å². The van der Waals surface area contributed by atoms with E-state index in [1.165, 1.54) is 6.26 Å². The largest absolute Gasteiger partial charge is 0.504 e. The van der Waals surface area contributed by atoms with Crippen LogP contribution < -0.4 is 0 Å². The third-order valence-corrected chi connectivity index (χ3v) is 3.05. The summed E-state index contributed by atoms with van der Waals surface area (Å²) in [6.07, 6.45) is 1.34. The molecule has 0 bridgehead atoms. The molecule has 0 saturated carbocycles. The third kappa shape index (κ3) is 1.05. The molecule has 0 unspecified atom stereocenters. The van der Waals surface area contributed by atoms with E-state index in [4.69, 9.17) is 8.83 Å². The van der Waals surface area contributed by atoms with E-state index in [-0.39, 0.29) is 5.75 Å². The van der Waals surface area contributed by atoms with Gasteiger partial charge in [0, 0.05) is 10.8 Å². The van der Waals surface area contributed by atoms with Gasteiger partial charge in [0.1, 0.15) is 23.0 Å². The molecule has 0 aliphatic rings. The van der Waals surface area contributed by atoms with Crippen molar-refractivity contribution in [3.05, 3.63) is 42.7 Å². The average Bonchev–Trinajstić information content (AvgIpc) is 2.88. The smallest absolute Gasteiger partial charge is 0.161 e. The van der Waals surface area contributed by atoms with Crippen molar-refractivity contribution in [2.45, 2.75) is 0 Å². The summed E-state index contributed by atoms with van der Waals surface area (Å²) in [5, 5.41) is 12.3. The summed E-state index contributed by atoms with van der Waals surface area (Å²) in [4.78, 5) is 0. The summed E-state index contributed by atoms with van der Waals surface area (Å²) in [6, 6.07) is 11.6. The van der Waals surface area contributed by atoms with Crippen LogP contribution in [-0.4, -0.2) is 5.11 Å². The van der Waals surface area contributed by atoms with Gasteiger partial charge in [-0.3, -0.25) is 0 Å². The van der Waals surface area contributed by atoms with Gasteiger partial charge in [0.15, 0.2) is 5.75 Å². The van der Waals surface area contributed by atoms with Crippen LogP contribution in [-0.2, 0) is 0 Å². The van der Waals surface area contributed by atoms with Crippen LogP contribution in [0.5, 0.6) is 5.75 Å². The molecule has 3 heteroatoms. The van der Waals surface area contributed by atoms with Gasteiger partial charge in [-0.05, 0) is 18.2 Å². The van der Waals surface area contributed by atoms with Crippen LogP contribution in [0.25, 0.3) is 32.9 Å². The maximum Gasteiger partial charge on any atom is 0.161 e. The van der Waals surface area contributed by atoms with Crippen molar-refractivity contribution in [3.8, 4) is 5.75 Å². The van der Waals surface area contributed by atoms with Gasteiger partial charge >= 0.3 is 0 Å². The molecule has 2 heterocycles.